The molecule has 0 bridgehead atoms. The molecule has 7 nitrogen and oxygen atoms in total. The molecule has 1 aromatic heterocycles. The molecule has 8 heteroatoms. The summed E-state index contributed by atoms with van der Waals surface area (Å²) >= 11 is 0. The molecular formula is C15H23FN4O3. The Morgan fingerprint density at radius 2 is 1.87 bits per heavy atom. The molecule has 0 N–H and O–H groups in total. The van der Waals surface area contributed by atoms with Gasteiger partial charge in [0.1, 0.15) is 25.1 Å². The van der Waals surface area contributed by atoms with Crippen LogP contribution in [0.1, 0.15) is 19.5 Å². The maximum Gasteiger partial charge on any atom is 0.234 e. The van der Waals surface area contributed by atoms with Gasteiger partial charge in [0.15, 0.2) is 0 Å². The second kappa shape index (κ2) is 7.54. The van der Waals surface area contributed by atoms with Crippen molar-refractivity contribution in [3.05, 3.63) is 18.0 Å². The maximum atomic E-state index is 14.0. The summed E-state index contributed by atoms with van der Waals surface area (Å²) in [4.78, 5) is 12.8. The summed E-state index contributed by atoms with van der Waals surface area (Å²) in [7, 11) is 4.65. The van der Waals surface area contributed by atoms with Gasteiger partial charge in [-0.15, -0.1) is 0 Å². The summed E-state index contributed by atoms with van der Waals surface area (Å²) in [6.45, 7) is 4.28. The highest BCUT2D eigenvalue weighted by atomic mass is 19.1. The SMILES string of the molecule is COCn1cnc(F)c1C[C@@H]1N=C(OC)[C@@H](C(C)C)N=C1OC. The molecule has 0 saturated carbocycles. The van der Waals surface area contributed by atoms with Gasteiger partial charge in [0.2, 0.25) is 17.7 Å². The van der Waals surface area contributed by atoms with Gasteiger partial charge in [-0.3, -0.25) is 0 Å². The molecule has 0 fully saturated rings. The first-order valence-electron chi connectivity index (χ1n) is 7.43. The van der Waals surface area contributed by atoms with Gasteiger partial charge in [0, 0.05) is 13.5 Å². The van der Waals surface area contributed by atoms with Gasteiger partial charge in [-0.1, -0.05) is 13.8 Å². The summed E-state index contributed by atoms with van der Waals surface area (Å²) in [6, 6.07) is -0.647. The number of methoxy groups -OCH3 is 3. The summed E-state index contributed by atoms with van der Waals surface area (Å²) in [5.74, 6) is 0.672. The van der Waals surface area contributed by atoms with Crippen LogP contribution >= 0.6 is 0 Å². The predicted octanol–water partition coefficient (Wildman–Crippen LogP) is 1.67. The van der Waals surface area contributed by atoms with Gasteiger partial charge in [0.05, 0.1) is 19.9 Å². The molecule has 0 radical (unpaired) electrons. The molecule has 0 unspecified atom stereocenters. The molecule has 0 aromatic carbocycles. The summed E-state index contributed by atoms with van der Waals surface area (Å²) in [5, 5.41) is 0. The Kier molecular flexibility index (Phi) is 5.70. The number of rotatable bonds is 5. The summed E-state index contributed by atoms with van der Waals surface area (Å²) in [5.41, 5.74) is 0.392. The number of hydrogen-bond donors (Lipinski definition) is 0. The highest BCUT2D eigenvalue weighted by Gasteiger charge is 2.32. The highest BCUT2D eigenvalue weighted by molar-refractivity contribution is 5.94. The topological polar surface area (TPSA) is 70.2 Å². The molecule has 1 aliphatic rings. The van der Waals surface area contributed by atoms with Crippen molar-refractivity contribution in [1.29, 1.82) is 0 Å². The number of aromatic nitrogens is 2. The maximum absolute atomic E-state index is 14.0. The fourth-order valence-electron chi connectivity index (χ4n) is 2.51. The molecule has 2 heterocycles. The number of imidazole rings is 1. The van der Waals surface area contributed by atoms with Crippen LogP contribution in [-0.2, 0) is 27.4 Å². The molecule has 23 heavy (non-hydrogen) atoms. The quantitative estimate of drug-likeness (QED) is 0.825. The Bertz CT molecular complexity index is 598. The van der Waals surface area contributed by atoms with Crippen molar-refractivity contribution in [2.75, 3.05) is 21.3 Å². The number of ether oxygens (including phenoxy) is 3. The lowest BCUT2D eigenvalue weighted by atomic mass is 10.0. The van der Waals surface area contributed by atoms with Gasteiger partial charge < -0.3 is 18.8 Å². The van der Waals surface area contributed by atoms with E-state index in [4.69, 9.17) is 14.2 Å². The van der Waals surface area contributed by atoms with Crippen LogP contribution < -0.4 is 0 Å². The van der Waals surface area contributed by atoms with Crippen molar-refractivity contribution >= 4 is 11.8 Å². The molecule has 128 valence electrons. The second-order valence-corrected chi connectivity index (χ2v) is 5.62. The van der Waals surface area contributed by atoms with Crippen molar-refractivity contribution < 1.29 is 18.6 Å². The highest BCUT2D eigenvalue weighted by Crippen LogP contribution is 2.20. The third-order valence-electron chi connectivity index (χ3n) is 3.69. The van der Waals surface area contributed by atoms with Crippen LogP contribution in [0.25, 0.3) is 0 Å². The Balaban J connectivity index is 2.30. The second-order valence-electron chi connectivity index (χ2n) is 5.62. The fourth-order valence-corrected chi connectivity index (χ4v) is 2.51. The van der Waals surface area contributed by atoms with E-state index in [2.05, 4.69) is 15.0 Å². The number of halogens is 1. The zero-order chi connectivity index (χ0) is 17.0. The Morgan fingerprint density at radius 3 is 2.43 bits per heavy atom. The third kappa shape index (κ3) is 3.69. The van der Waals surface area contributed by atoms with Crippen molar-refractivity contribution in [3.8, 4) is 0 Å². The standard InChI is InChI=1S/C15H23FN4O3/c1-9(2)12-15(23-5)18-10(14(19-12)22-4)6-11-13(16)17-7-20(11)8-21-3/h7,9-10,12H,6,8H2,1-5H3/t10-,12+/m0/s1. The van der Waals surface area contributed by atoms with Gasteiger partial charge in [-0.05, 0) is 5.92 Å². The van der Waals surface area contributed by atoms with E-state index in [1.165, 1.54) is 6.33 Å². The minimum atomic E-state index is -0.544. The Labute approximate surface area is 135 Å². The van der Waals surface area contributed by atoms with Crippen LogP contribution in [-0.4, -0.2) is 54.8 Å². The van der Waals surface area contributed by atoms with Crippen molar-refractivity contribution in [2.45, 2.75) is 39.1 Å². The predicted molar refractivity (Wildman–Crippen MR) is 84.2 cm³/mol. The van der Waals surface area contributed by atoms with E-state index in [0.717, 1.165) is 0 Å². The van der Waals surface area contributed by atoms with E-state index in [1.54, 1.807) is 25.9 Å². The van der Waals surface area contributed by atoms with E-state index in [9.17, 15) is 4.39 Å². The number of hydrogen-bond acceptors (Lipinski definition) is 6. The van der Waals surface area contributed by atoms with Gasteiger partial charge in [-0.2, -0.15) is 4.39 Å². The molecule has 0 spiro atoms. The van der Waals surface area contributed by atoms with Crippen LogP contribution in [0.3, 0.4) is 0 Å². The van der Waals surface area contributed by atoms with Crippen LogP contribution in [0.4, 0.5) is 4.39 Å². The summed E-state index contributed by atoms with van der Waals surface area (Å²) in [6.07, 6.45) is 1.66. The average molecular weight is 326 g/mol. The van der Waals surface area contributed by atoms with Gasteiger partial charge in [0.25, 0.3) is 0 Å². The van der Waals surface area contributed by atoms with Gasteiger partial charge in [-0.25, -0.2) is 15.0 Å². The lowest BCUT2D eigenvalue weighted by Crippen LogP contribution is -2.38. The molecule has 2 atom stereocenters. The molecule has 1 aromatic rings. The monoisotopic (exact) mass is 326 g/mol. The third-order valence-corrected chi connectivity index (χ3v) is 3.69. The average Bonchev–Trinajstić information content (AvgIpc) is 2.87. The van der Waals surface area contributed by atoms with Crippen molar-refractivity contribution in [3.63, 3.8) is 0 Å². The summed E-state index contributed by atoms with van der Waals surface area (Å²) < 4.78 is 31.3. The molecule has 0 aliphatic carbocycles. The minimum absolute atomic E-state index is 0.195. The smallest absolute Gasteiger partial charge is 0.234 e. The zero-order valence-corrected chi connectivity index (χ0v) is 14.1. The van der Waals surface area contributed by atoms with E-state index in [-0.39, 0.29) is 25.1 Å². The lowest BCUT2D eigenvalue weighted by Gasteiger charge is -2.27. The first-order chi connectivity index (χ1) is 11.0. The number of nitrogens with zero attached hydrogens (tertiary/aromatic N) is 4. The van der Waals surface area contributed by atoms with Crippen LogP contribution in [0.15, 0.2) is 16.3 Å². The minimum Gasteiger partial charge on any atom is -0.483 e. The Morgan fingerprint density at radius 1 is 1.17 bits per heavy atom. The molecule has 0 amide bonds. The lowest BCUT2D eigenvalue weighted by molar-refractivity contribution is 0.128. The van der Waals surface area contributed by atoms with Crippen LogP contribution in [0.5, 0.6) is 0 Å². The largest absolute Gasteiger partial charge is 0.483 e. The van der Waals surface area contributed by atoms with E-state index in [1.807, 2.05) is 13.8 Å². The van der Waals surface area contributed by atoms with E-state index >= 15 is 0 Å². The normalized spacial score (nSPS) is 21.2. The first kappa shape index (κ1) is 17.4. The fraction of sp³-hybridized carbons (Fsp3) is 0.667. The molecule has 0 saturated heterocycles. The van der Waals surface area contributed by atoms with Crippen molar-refractivity contribution in [2.24, 2.45) is 15.9 Å². The van der Waals surface area contributed by atoms with E-state index < -0.39 is 12.0 Å². The molecular weight excluding hydrogens is 303 g/mol. The zero-order valence-electron chi connectivity index (χ0n) is 14.1. The Hall–Kier alpha value is -1.96. The van der Waals surface area contributed by atoms with Gasteiger partial charge >= 0.3 is 0 Å². The molecule has 2 rings (SSSR count). The van der Waals surface area contributed by atoms with Crippen LogP contribution in [0, 0.1) is 11.9 Å². The first-order valence-corrected chi connectivity index (χ1v) is 7.43. The van der Waals surface area contributed by atoms with Crippen LogP contribution in [0.2, 0.25) is 0 Å². The molecule has 1 aliphatic heterocycles. The van der Waals surface area contributed by atoms with Crippen molar-refractivity contribution in [1.82, 2.24) is 9.55 Å². The van der Waals surface area contributed by atoms with E-state index in [0.29, 0.717) is 17.5 Å². The number of aliphatic imine (C=N–C) groups is 2.